The van der Waals surface area contributed by atoms with Crippen molar-refractivity contribution in [1.82, 2.24) is 4.98 Å². The first-order valence-electron chi connectivity index (χ1n) is 7.13. The predicted octanol–water partition coefficient (Wildman–Crippen LogP) is 3.33. The summed E-state index contributed by atoms with van der Waals surface area (Å²) < 4.78 is 5.74. The number of nitrogens with zero attached hydrogens (tertiary/aromatic N) is 3. The minimum atomic E-state index is -0.396. The van der Waals surface area contributed by atoms with Crippen LogP contribution in [0.2, 0.25) is 0 Å². The first kappa shape index (κ1) is 14.9. The number of hydrogen-bond donors (Lipinski definition) is 0. The van der Waals surface area contributed by atoms with Crippen LogP contribution in [0.4, 0.5) is 10.8 Å². The molecule has 0 bridgehead atoms. The van der Waals surface area contributed by atoms with Gasteiger partial charge < -0.3 is 9.64 Å². The number of ether oxygens (including phenoxy) is 1. The molecule has 1 aliphatic heterocycles. The summed E-state index contributed by atoms with van der Waals surface area (Å²) in [6.07, 6.45) is 0.381. The quantitative estimate of drug-likeness (QED) is 0.641. The number of anilines is 1. The number of aromatic nitrogens is 1. The van der Waals surface area contributed by atoms with Crippen LogP contribution in [0.25, 0.3) is 11.3 Å². The maximum atomic E-state index is 10.7. The average molecular weight is 319 g/mol. The van der Waals surface area contributed by atoms with E-state index in [2.05, 4.69) is 23.7 Å². The van der Waals surface area contributed by atoms with Gasteiger partial charge in [0.25, 0.3) is 5.69 Å². The molecule has 3 rings (SSSR count). The molecule has 0 saturated carbocycles. The summed E-state index contributed by atoms with van der Waals surface area (Å²) in [5.74, 6) is 0. The SMILES string of the molecule is CC1CN(c2nc(-c3ccc([N+](=O)[O-])cc3)cs2)CC(C)O1. The summed E-state index contributed by atoms with van der Waals surface area (Å²) in [5, 5.41) is 13.6. The molecular weight excluding hydrogens is 302 g/mol. The minimum absolute atomic E-state index is 0.0926. The Bertz CT molecular complexity index is 661. The van der Waals surface area contributed by atoms with E-state index in [0.29, 0.717) is 0 Å². The highest BCUT2D eigenvalue weighted by molar-refractivity contribution is 7.14. The van der Waals surface area contributed by atoms with E-state index >= 15 is 0 Å². The van der Waals surface area contributed by atoms with Crippen molar-refractivity contribution in [1.29, 1.82) is 0 Å². The fraction of sp³-hybridized carbons (Fsp3) is 0.400. The van der Waals surface area contributed by atoms with Crippen LogP contribution >= 0.6 is 11.3 Å². The van der Waals surface area contributed by atoms with Crippen LogP contribution < -0.4 is 4.90 Å². The van der Waals surface area contributed by atoms with Crippen molar-refractivity contribution < 1.29 is 9.66 Å². The fourth-order valence-corrected chi connectivity index (χ4v) is 3.49. The van der Waals surface area contributed by atoms with E-state index in [-0.39, 0.29) is 17.9 Å². The number of hydrogen-bond acceptors (Lipinski definition) is 6. The van der Waals surface area contributed by atoms with Gasteiger partial charge in [0, 0.05) is 36.2 Å². The molecule has 0 spiro atoms. The van der Waals surface area contributed by atoms with Gasteiger partial charge >= 0.3 is 0 Å². The Morgan fingerprint density at radius 1 is 1.27 bits per heavy atom. The molecule has 0 radical (unpaired) electrons. The molecule has 2 aromatic rings. The minimum Gasteiger partial charge on any atom is -0.372 e. The Labute approximate surface area is 132 Å². The predicted molar refractivity (Wildman–Crippen MR) is 86.4 cm³/mol. The second-order valence-corrected chi connectivity index (χ2v) is 6.32. The molecule has 116 valence electrons. The lowest BCUT2D eigenvalue weighted by atomic mass is 10.1. The molecule has 1 saturated heterocycles. The largest absolute Gasteiger partial charge is 0.372 e. The van der Waals surface area contributed by atoms with E-state index in [4.69, 9.17) is 4.74 Å². The molecular formula is C15H17N3O3S. The smallest absolute Gasteiger partial charge is 0.269 e. The van der Waals surface area contributed by atoms with Gasteiger partial charge in [0.05, 0.1) is 22.8 Å². The number of non-ortho nitro benzene ring substituents is 1. The Balaban J connectivity index is 1.79. The van der Waals surface area contributed by atoms with Crippen LogP contribution in [0.5, 0.6) is 0 Å². The van der Waals surface area contributed by atoms with Gasteiger partial charge in [-0.15, -0.1) is 11.3 Å². The molecule has 0 amide bonds. The lowest BCUT2D eigenvalue weighted by molar-refractivity contribution is -0.384. The van der Waals surface area contributed by atoms with Gasteiger partial charge in [-0.25, -0.2) is 4.98 Å². The zero-order valence-corrected chi connectivity index (χ0v) is 13.2. The number of benzene rings is 1. The van der Waals surface area contributed by atoms with Crippen molar-refractivity contribution in [3.8, 4) is 11.3 Å². The van der Waals surface area contributed by atoms with Crippen molar-refractivity contribution in [3.63, 3.8) is 0 Å². The fourth-order valence-electron chi connectivity index (χ4n) is 2.63. The van der Waals surface area contributed by atoms with Crippen LogP contribution in [-0.4, -0.2) is 35.2 Å². The van der Waals surface area contributed by atoms with E-state index in [0.717, 1.165) is 29.5 Å². The van der Waals surface area contributed by atoms with E-state index < -0.39 is 4.92 Å². The van der Waals surface area contributed by atoms with Crippen molar-refractivity contribution >= 4 is 22.2 Å². The topological polar surface area (TPSA) is 68.5 Å². The van der Waals surface area contributed by atoms with Crippen molar-refractivity contribution in [2.45, 2.75) is 26.1 Å². The highest BCUT2D eigenvalue weighted by Crippen LogP contribution is 2.30. The molecule has 1 fully saturated rings. The highest BCUT2D eigenvalue weighted by Gasteiger charge is 2.24. The van der Waals surface area contributed by atoms with E-state index in [9.17, 15) is 10.1 Å². The van der Waals surface area contributed by atoms with Crippen molar-refractivity contribution in [2.24, 2.45) is 0 Å². The monoisotopic (exact) mass is 319 g/mol. The maximum Gasteiger partial charge on any atom is 0.269 e. The summed E-state index contributed by atoms with van der Waals surface area (Å²) >= 11 is 1.59. The number of morpholine rings is 1. The third-order valence-corrected chi connectivity index (χ3v) is 4.46. The van der Waals surface area contributed by atoms with Crippen LogP contribution in [0.3, 0.4) is 0 Å². The van der Waals surface area contributed by atoms with E-state index in [1.54, 1.807) is 23.5 Å². The second kappa shape index (κ2) is 6.02. The molecule has 1 aromatic carbocycles. The van der Waals surface area contributed by atoms with Gasteiger partial charge in [-0.05, 0) is 26.0 Å². The molecule has 2 unspecified atom stereocenters. The van der Waals surface area contributed by atoms with Gasteiger partial charge in [0.15, 0.2) is 5.13 Å². The summed E-state index contributed by atoms with van der Waals surface area (Å²) in [6, 6.07) is 6.49. The molecule has 1 aliphatic rings. The van der Waals surface area contributed by atoms with Gasteiger partial charge in [0.1, 0.15) is 0 Å². The third kappa shape index (κ3) is 3.10. The van der Waals surface area contributed by atoms with Crippen LogP contribution in [0.15, 0.2) is 29.6 Å². The Hall–Kier alpha value is -1.99. The molecule has 2 heterocycles. The molecule has 22 heavy (non-hydrogen) atoms. The second-order valence-electron chi connectivity index (χ2n) is 5.48. The first-order chi connectivity index (χ1) is 10.5. The lowest BCUT2D eigenvalue weighted by Crippen LogP contribution is -2.45. The number of rotatable bonds is 3. The molecule has 0 N–H and O–H groups in total. The summed E-state index contributed by atoms with van der Waals surface area (Å²) in [7, 11) is 0. The van der Waals surface area contributed by atoms with Crippen LogP contribution in [0, 0.1) is 10.1 Å². The number of nitro groups is 1. The first-order valence-corrected chi connectivity index (χ1v) is 8.01. The van der Waals surface area contributed by atoms with Crippen LogP contribution in [0.1, 0.15) is 13.8 Å². The zero-order chi connectivity index (χ0) is 15.7. The summed E-state index contributed by atoms with van der Waals surface area (Å²) in [6.45, 7) is 5.79. The van der Waals surface area contributed by atoms with Gasteiger partial charge in [0.2, 0.25) is 0 Å². The maximum absolute atomic E-state index is 10.7. The molecule has 2 atom stereocenters. The number of nitro benzene ring substituents is 1. The zero-order valence-electron chi connectivity index (χ0n) is 12.4. The third-order valence-electron chi connectivity index (χ3n) is 3.56. The van der Waals surface area contributed by atoms with E-state index in [1.165, 1.54) is 12.1 Å². The number of thiazole rings is 1. The molecule has 6 nitrogen and oxygen atoms in total. The Morgan fingerprint density at radius 2 is 1.91 bits per heavy atom. The molecule has 0 aliphatic carbocycles. The van der Waals surface area contributed by atoms with Crippen molar-refractivity contribution in [3.05, 3.63) is 39.8 Å². The van der Waals surface area contributed by atoms with Gasteiger partial charge in [-0.1, -0.05) is 0 Å². The molecule has 7 heteroatoms. The summed E-state index contributed by atoms with van der Waals surface area (Å²) in [4.78, 5) is 17.2. The van der Waals surface area contributed by atoms with Crippen molar-refractivity contribution in [2.75, 3.05) is 18.0 Å². The van der Waals surface area contributed by atoms with E-state index in [1.807, 2.05) is 5.38 Å². The summed E-state index contributed by atoms with van der Waals surface area (Å²) in [5.41, 5.74) is 1.83. The van der Waals surface area contributed by atoms with Gasteiger partial charge in [-0.3, -0.25) is 10.1 Å². The van der Waals surface area contributed by atoms with Gasteiger partial charge in [-0.2, -0.15) is 0 Å². The Kier molecular flexibility index (Phi) is 4.08. The average Bonchev–Trinajstić information content (AvgIpc) is 2.96. The normalized spacial score (nSPS) is 21.8. The molecule has 1 aromatic heterocycles. The lowest BCUT2D eigenvalue weighted by Gasteiger charge is -2.35. The Morgan fingerprint density at radius 3 is 2.50 bits per heavy atom. The highest BCUT2D eigenvalue weighted by atomic mass is 32.1. The van der Waals surface area contributed by atoms with Crippen LogP contribution in [-0.2, 0) is 4.74 Å². The standard InChI is InChI=1S/C15H17N3O3S/c1-10-7-17(8-11(2)21-10)15-16-14(9-22-15)12-3-5-13(6-4-12)18(19)20/h3-6,9-11H,7-8H2,1-2H3.